The number of fused-ring (bicyclic) bond motifs is 2. The summed E-state index contributed by atoms with van der Waals surface area (Å²) in [6.07, 6.45) is 2.35. The third kappa shape index (κ3) is 6.53. The van der Waals surface area contributed by atoms with E-state index in [0.29, 0.717) is 47.8 Å². The zero-order valence-corrected chi connectivity index (χ0v) is 21.5. The second kappa shape index (κ2) is 12.0. The molecule has 0 unspecified atom stereocenters. The summed E-state index contributed by atoms with van der Waals surface area (Å²) in [4.78, 5) is 34.8. The van der Waals surface area contributed by atoms with Crippen molar-refractivity contribution in [1.29, 1.82) is 0 Å². The van der Waals surface area contributed by atoms with Gasteiger partial charge in [0, 0.05) is 42.4 Å². The lowest BCUT2D eigenvalue weighted by Crippen LogP contribution is -2.36. The third-order valence-corrected chi connectivity index (χ3v) is 6.41. The lowest BCUT2D eigenvalue weighted by Gasteiger charge is -2.20. The van der Waals surface area contributed by atoms with Crippen LogP contribution in [0.15, 0.2) is 36.7 Å². The number of halogens is 1. The van der Waals surface area contributed by atoms with E-state index in [1.54, 1.807) is 12.1 Å². The molecule has 8 nitrogen and oxygen atoms in total. The molecule has 0 radical (unpaired) electrons. The van der Waals surface area contributed by atoms with Crippen LogP contribution in [0.3, 0.4) is 0 Å². The molecule has 2 heterocycles. The first-order valence-corrected chi connectivity index (χ1v) is 12.6. The predicted molar refractivity (Wildman–Crippen MR) is 140 cm³/mol. The number of hydrogen-bond acceptors (Lipinski definition) is 7. The van der Waals surface area contributed by atoms with E-state index >= 15 is 0 Å². The van der Waals surface area contributed by atoms with E-state index in [4.69, 9.17) is 9.47 Å². The minimum atomic E-state index is -0.633. The number of alkyl halides is 1. The van der Waals surface area contributed by atoms with Gasteiger partial charge in [0.2, 0.25) is 5.91 Å². The molecule has 1 aliphatic heterocycles. The molecule has 37 heavy (non-hydrogen) atoms. The Morgan fingerprint density at radius 1 is 1.19 bits per heavy atom. The van der Waals surface area contributed by atoms with Crippen molar-refractivity contribution in [2.75, 3.05) is 31.7 Å². The molecule has 4 rings (SSSR count). The van der Waals surface area contributed by atoms with Crippen molar-refractivity contribution in [3.05, 3.63) is 47.8 Å². The third-order valence-electron chi connectivity index (χ3n) is 6.41. The highest BCUT2D eigenvalue weighted by Gasteiger charge is 2.25. The van der Waals surface area contributed by atoms with Crippen LogP contribution in [0.25, 0.3) is 10.9 Å². The van der Waals surface area contributed by atoms with Gasteiger partial charge in [0.1, 0.15) is 31.2 Å². The number of hydrogen-bond donors (Lipinski definition) is 2. The Morgan fingerprint density at radius 3 is 2.81 bits per heavy atom. The molecule has 1 atom stereocenters. The minimum Gasteiger partial charge on any atom is -0.490 e. The number of rotatable bonds is 4. The average molecular weight is 508 g/mol. The quantitative estimate of drug-likeness (QED) is 0.528. The number of nitrogens with zero attached hydrogens (tertiary/aromatic N) is 2. The summed E-state index contributed by atoms with van der Waals surface area (Å²) in [7, 11) is 0. The highest BCUT2D eigenvalue weighted by atomic mass is 18.2. The highest BCUT2D eigenvalue weighted by Crippen LogP contribution is 2.36. The monoisotopic (exact) mass is 507 g/mol. The molecule has 1 amide bonds. The Labute approximate surface area is 216 Å². The summed E-state index contributed by atoms with van der Waals surface area (Å²) in [5, 5.41) is 7.02. The Morgan fingerprint density at radius 2 is 2.03 bits per heavy atom. The summed E-state index contributed by atoms with van der Waals surface area (Å²) in [5.41, 5.74) is 3.19. The maximum Gasteiger partial charge on any atom is 0.223 e. The first kappa shape index (κ1) is 26.3. The molecule has 1 aliphatic rings. The normalized spacial score (nSPS) is 17.1. The van der Waals surface area contributed by atoms with Crippen LogP contribution in [0, 0.1) is 18.8 Å². The number of anilines is 2. The zero-order valence-electron chi connectivity index (χ0n) is 21.5. The van der Waals surface area contributed by atoms with Crippen molar-refractivity contribution in [2.45, 2.75) is 40.0 Å². The Balaban J connectivity index is 1.77. The van der Waals surface area contributed by atoms with Gasteiger partial charge in [-0.15, -0.1) is 0 Å². The van der Waals surface area contributed by atoms with Gasteiger partial charge in [0.15, 0.2) is 11.5 Å². The van der Waals surface area contributed by atoms with Gasteiger partial charge in [-0.1, -0.05) is 26.0 Å². The van der Waals surface area contributed by atoms with E-state index in [1.807, 2.05) is 39.0 Å². The number of ether oxygens (including phenoxy) is 2. The second-order valence-electron chi connectivity index (χ2n) is 9.62. The number of nitrogens with one attached hydrogen (secondary N) is 2. The van der Waals surface area contributed by atoms with Crippen molar-refractivity contribution in [1.82, 2.24) is 15.3 Å². The van der Waals surface area contributed by atoms with Crippen molar-refractivity contribution >= 4 is 34.1 Å². The fourth-order valence-corrected chi connectivity index (χ4v) is 4.38. The molecule has 2 N–H and O–H groups in total. The fourth-order valence-electron chi connectivity index (χ4n) is 4.38. The van der Waals surface area contributed by atoms with Crippen molar-refractivity contribution in [3.63, 3.8) is 0 Å². The fraction of sp³-hybridized carbons (Fsp3) is 0.429. The van der Waals surface area contributed by atoms with Crippen molar-refractivity contribution in [3.8, 4) is 11.5 Å². The molecular formula is C28H33FN4O4. The van der Waals surface area contributed by atoms with Crippen LogP contribution in [0.4, 0.5) is 15.9 Å². The molecule has 0 aliphatic carbocycles. The van der Waals surface area contributed by atoms with Gasteiger partial charge in [-0.2, -0.15) is 0 Å². The van der Waals surface area contributed by atoms with Crippen LogP contribution >= 0.6 is 0 Å². The van der Waals surface area contributed by atoms with E-state index in [0.717, 1.165) is 16.8 Å². The Hall–Kier alpha value is -3.75. The van der Waals surface area contributed by atoms with Crippen LogP contribution in [0.1, 0.15) is 37.8 Å². The van der Waals surface area contributed by atoms with Gasteiger partial charge in [-0.05, 0) is 42.5 Å². The van der Waals surface area contributed by atoms with E-state index < -0.39 is 12.6 Å². The average Bonchev–Trinajstić information content (AvgIpc) is 2.87. The number of amides is 1. The number of aromatic nitrogens is 2. The number of carbonyl (C=O) groups is 2. The van der Waals surface area contributed by atoms with Gasteiger partial charge < -0.3 is 20.1 Å². The molecule has 9 heteroatoms. The molecule has 2 bridgehead atoms. The lowest BCUT2D eigenvalue weighted by atomic mass is 9.88. The van der Waals surface area contributed by atoms with Gasteiger partial charge in [0.05, 0.1) is 12.1 Å². The molecule has 0 fully saturated rings. The van der Waals surface area contributed by atoms with Crippen LogP contribution in [0.2, 0.25) is 0 Å². The molecule has 3 aromatic rings. The SMILES string of the molecule is Cc1ccc2c(c1)Nc1ncnc3cc(OCC[18F])c(cc13)OCCCNC(=O)[C@@H](C(C)C)CC(=O)C2. The van der Waals surface area contributed by atoms with E-state index in [-0.39, 0.29) is 37.1 Å². The lowest BCUT2D eigenvalue weighted by molar-refractivity contribution is -0.130. The second-order valence-corrected chi connectivity index (χ2v) is 9.62. The largest absolute Gasteiger partial charge is 0.490 e. The van der Waals surface area contributed by atoms with Crippen molar-refractivity contribution in [2.24, 2.45) is 11.8 Å². The van der Waals surface area contributed by atoms with Crippen LogP contribution in [0.5, 0.6) is 11.5 Å². The maximum atomic E-state index is 13.1. The number of benzene rings is 2. The maximum absolute atomic E-state index is 13.1. The minimum absolute atomic E-state index is 0.00196. The summed E-state index contributed by atoms with van der Waals surface area (Å²) >= 11 is 0. The first-order chi connectivity index (χ1) is 17.9. The molecule has 0 spiro atoms. The van der Waals surface area contributed by atoms with Crippen LogP contribution in [-0.4, -0.2) is 48.1 Å². The molecule has 0 saturated heterocycles. The van der Waals surface area contributed by atoms with Crippen LogP contribution < -0.4 is 20.1 Å². The summed E-state index contributed by atoms with van der Waals surface area (Å²) in [6.45, 7) is 5.85. The molecule has 0 saturated carbocycles. The van der Waals surface area contributed by atoms with Gasteiger partial charge in [0.25, 0.3) is 0 Å². The van der Waals surface area contributed by atoms with E-state index in [9.17, 15) is 14.0 Å². The molecule has 1 aromatic heterocycles. The molecule has 2 aromatic carbocycles. The van der Waals surface area contributed by atoms with Gasteiger partial charge in [-0.3, -0.25) is 9.59 Å². The topological polar surface area (TPSA) is 102 Å². The van der Waals surface area contributed by atoms with E-state index in [2.05, 4.69) is 20.6 Å². The van der Waals surface area contributed by atoms with Gasteiger partial charge >= 0.3 is 0 Å². The summed E-state index contributed by atoms with van der Waals surface area (Å²) in [5.74, 6) is 0.843. The number of ketones is 1. The predicted octanol–water partition coefficient (Wildman–Crippen LogP) is 4.70. The van der Waals surface area contributed by atoms with E-state index in [1.165, 1.54) is 6.33 Å². The van der Waals surface area contributed by atoms with Crippen LogP contribution in [-0.2, 0) is 16.0 Å². The summed E-state index contributed by atoms with van der Waals surface area (Å²) in [6, 6.07) is 9.33. The standard InChI is InChI=1S/C28H33FN4O4/c1-17(2)21-13-20(34)12-19-6-5-18(3)11-23(19)33-27-22-14-25(36-9-4-8-30-28(21)35)26(37-10-7-29)15-24(22)31-16-32-27/h5-6,11,14-17,21H,4,7-10,12-13H2,1-3H3,(H,30,35)(H,31,32,33)/t21-/m1/s1/i29-1. The number of aryl methyl sites for hydroxylation is 1. The smallest absolute Gasteiger partial charge is 0.223 e. The van der Waals surface area contributed by atoms with Crippen molar-refractivity contribution < 1.29 is 23.5 Å². The Bertz CT molecular complexity index is 1280. The number of Topliss-reactive ketones (excluding diaryl/α,β-unsaturated/α-hetero) is 1. The highest BCUT2D eigenvalue weighted by molar-refractivity contribution is 5.94. The molecule has 196 valence electrons. The first-order valence-electron chi connectivity index (χ1n) is 12.6. The summed E-state index contributed by atoms with van der Waals surface area (Å²) < 4.78 is 24.4. The van der Waals surface area contributed by atoms with Gasteiger partial charge in [-0.25, -0.2) is 14.4 Å². The molecular weight excluding hydrogens is 474 g/mol. The zero-order chi connectivity index (χ0) is 26.4. The Kier molecular flexibility index (Phi) is 8.53. The number of carbonyl (C=O) groups excluding carboxylic acids is 2.